The quantitative estimate of drug-likeness (QED) is 0.0798. The zero-order valence-corrected chi connectivity index (χ0v) is 24.9. The standard InChI is InChI=1S/C31H27F4N5O8/c32-26-19-3-1-2-4-20(19)29(42)38(30(26)43)11-12-46-13-14-47-16-25(41)39(23-9-10-24(40(44)45)28-27(23)36-48-37-28)22-8-7-18(31(33,34)35)15-21(22)17-5-6-17/h1-4,7-10,15,17,29,42-43H,5-6,11-14,16H2. The van der Waals surface area contributed by atoms with Crippen LogP contribution in [0.2, 0.25) is 0 Å². The molecule has 2 N–H and O–H groups in total. The van der Waals surface area contributed by atoms with Crippen molar-refractivity contribution in [2.24, 2.45) is 0 Å². The molecule has 1 fully saturated rings. The van der Waals surface area contributed by atoms with Gasteiger partial charge in [-0.25, -0.2) is 9.02 Å². The van der Waals surface area contributed by atoms with Gasteiger partial charge in [0.05, 0.1) is 41.7 Å². The van der Waals surface area contributed by atoms with Gasteiger partial charge in [-0.05, 0) is 58.9 Å². The highest BCUT2D eigenvalue weighted by atomic mass is 19.4. The van der Waals surface area contributed by atoms with Crippen LogP contribution in [0.3, 0.4) is 0 Å². The van der Waals surface area contributed by atoms with Crippen LogP contribution in [0.1, 0.15) is 47.2 Å². The van der Waals surface area contributed by atoms with Gasteiger partial charge in [0.1, 0.15) is 6.61 Å². The Morgan fingerprint density at radius 3 is 2.46 bits per heavy atom. The van der Waals surface area contributed by atoms with Gasteiger partial charge in [-0.1, -0.05) is 24.3 Å². The van der Waals surface area contributed by atoms with E-state index in [1.54, 1.807) is 12.1 Å². The van der Waals surface area contributed by atoms with Gasteiger partial charge in [-0.2, -0.15) is 13.2 Å². The number of hydrogen-bond acceptors (Lipinski definition) is 11. The monoisotopic (exact) mass is 673 g/mol. The smallest absolute Gasteiger partial charge is 0.416 e. The van der Waals surface area contributed by atoms with Crippen molar-refractivity contribution >= 4 is 39.8 Å². The molecule has 1 aromatic heterocycles. The van der Waals surface area contributed by atoms with Crippen LogP contribution in [0.5, 0.6) is 0 Å². The number of aromatic nitrogens is 2. The number of nitrogens with zero attached hydrogens (tertiary/aromatic N) is 5. The second kappa shape index (κ2) is 13.2. The van der Waals surface area contributed by atoms with Crippen LogP contribution in [0.4, 0.5) is 34.6 Å². The molecule has 1 aliphatic carbocycles. The number of anilines is 2. The van der Waals surface area contributed by atoms with E-state index in [0.29, 0.717) is 12.8 Å². The number of rotatable bonds is 12. The van der Waals surface area contributed by atoms with Crippen molar-refractivity contribution in [1.82, 2.24) is 15.2 Å². The molecule has 4 aromatic rings. The maximum absolute atomic E-state index is 14.6. The highest BCUT2D eigenvalue weighted by Gasteiger charge is 2.37. The summed E-state index contributed by atoms with van der Waals surface area (Å²) in [5.41, 5.74) is -1.00. The number of non-ortho nitro benzene ring substituents is 1. The fourth-order valence-corrected chi connectivity index (χ4v) is 5.51. The van der Waals surface area contributed by atoms with E-state index in [2.05, 4.69) is 10.3 Å². The Labute approximate surface area is 268 Å². The minimum atomic E-state index is -4.63. The number of alkyl halides is 3. The molecule has 1 amide bonds. The van der Waals surface area contributed by atoms with Crippen molar-refractivity contribution < 1.29 is 51.6 Å². The summed E-state index contributed by atoms with van der Waals surface area (Å²) in [6, 6.07) is 11.5. The molecule has 1 aliphatic heterocycles. The van der Waals surface area contributed by atoms with E-state index in [1.807, 2.05) is 0 Å². The number of aliphatic hydroxyl groups excluding tert-OH is 2. The highest BCUT2D eigenvalue weighted by molar-refractivity contribution is 6.09. The SMILES string of the molecule is O=C(COCCOCCN1C(O)=C(F)c2ccccc2C1O)N(c1ccc(C(F)(F)F)cc1C1CC1)c1ccc([N+](=O)[O-])c2nonc12. The van der Waals surface area contributed by atoms with Crippen LogP contribution in [0.15, 0.2) is 65.1 Å². The molecule has 2 aliphatic rings. The third kappa shape index (κ3) is 6.39. The summed E-state index contributed by atoms with van der Waals surface area (Å²) in [7, 11) is 0. The average molecular weight is 674 g/mol. The lowest BCUT2D eigenvalue weighted by atomic mass is 10.0. The van der Waals surface area contributed by atoms with E-state index in [-0.39, 0.29) is 71.4 Å². The lowest BCUT2D eigenvalue weighted by Crippen LogP contribution is -2.35. The number of nitro groups is 1. The van der Waals surface area contributed by atoms with Crippen LogP contribution in [0.25, 0.3) is 16.9 Å². The lowest BCUT2D eigenvalue weighted by Gasteiger charge is -2.33. The molecule has 252 valence electrons. The Hall–Kier alpha value is -5.13. The summed E-state index contributed by atoms with van der Waals surface area (Å²) in [4.78, 5) is 26.7. The molecule has 1 atom stereocenters. The third-order valence-electron chi connectivity index (χ3n) is 7.99. The van der Waals surface area contributed by atoms with Crippen LogP contribution >= 0.6 is 0 Å². The van der Waals surface area contributed by atoms with Gasteiger partial charge in [-0.15, -0.1) is 0 Å². The molecule has 0 bridgehead atoms. The van der Waals surface area contributed by atoms with E-state index >= 15 is 0 Å². The zero-order chi connectivity index (χ0) is 34.2. The molecule has 0 radical (unpaired) electrons. The second-order valence-electron chi connectivity index (χ2n) is 11.1. The predicted octanol–water partition coefficient (Wildman–Crippen LogP) is 5.89. The van der Waals surface area contributed by atoms with Gasteiger partial charge in [0.15, 0.2) is 17.6 Å². The van der Waals surface area contributed by atoms with E-state index < -0.39 is 52.8 Å². The molecule has 13 nitrogen and oxygen atoms in total. The van der Waals surface area contributed by atoms with Crippen molar-refractivity contribution in [2.45, 2.75) is 31.2 Å². The van der Waals surface area contributed by atoms with Gasteiger partial charge < -0.3 is 24.6 Å². The Bertz CT molecular complexity index is 1890. The lowest BCUT2D eigenvalue weighted by molar-refractivity contribution is -0.383. The van der Waals surface area contributed by atoms with Crippen molar-refractivity contribution in [3.63, 3.8) is 0 Å². The Kier molecular flexibility index (Phi) is 9.00. The van der Waals surface area contributed by atoms with Gasteiger partial charge in [0, 0.05) is 23.7 Å². The van der Waals surface area contributed by atoms with E-state index in [0.717, 1.165) is 28.0 Å². The topological polar surface area (TPSA) is 165 Å². The number of carbonyl (C=O) groups excluding carboxylic acids is 1. The molecule has 2 heterocycles. The molecule has 6 rings (SSSR count). The normalized spacial score (nSPS) is 16.4. The third-order valence-corrected chi connectivity index (χ3v) is 7.99. The maximum Gasteiger partial charge on any atom is 0.416 e. The van der Waals surface area contributed by atoms with E-state index in [1.165, 1.54) is 24.3 Å². The fraction of sp³-hybridized carbons (Fsp3) is 0.323. The van der Waals surface area contributed by atoms with Crippen LogP contribution < -0.4 is 4.90 Å². The minimum absolute atomic E-state index is 0.00915. The average Bonchev–Trinajstić information content (AvgIpc) is 3.79. The predicted molar refractivity (Wildman–Crippen MR) is 159 cm³/mol. The fourth-order valence-electron chi connectivity index (χ4n) is 5.51. The molecule has 0 spiro atoms. The number of hydrogen-bond donors (Lipinski definition) is 2. The second-order valence-corrected chi connectivity index (χ2v) is 11.1. The van der Waals surface area contributed by atoms with Gasteiger partial charge >= 0.3 is 11.9 Å². The number of amides is 1. The number of benzene rings is 3. The summed E-state index contributed by atoms with van der Waals surface area (Å²) in [5.74, 6) is -2.59. The van der Waals surface area contributed by atoms with E-state index in [9.17, 15) is 42.7 Å². The molecule has 48 heavy (non-hydrogen) atoms. The zero-order valence-electron chi connectivity index (χ0n) is 24.9. The van der Waals surface area contributed by atoms with Crippen molar-refractivity contribution in [3.8, 4) is 0 Å². The summed E-state index contributed by atoms with van der Waals surface area (Å²) in [5, 5.41) is 39.7. The Morgan fingerprint density at radius 2 is 1.73 bits per heavy atom. The molecular weight excluding hydrogens is 646 g/mol. The first-order valence-corrected chi connectivity index (χ1v) is 14.7. The molecule has 3 aromatic carbocycles. The van der Waals surface area contributed by atoms with Crippen molar-refractivity contribution in [3.05, 3.63) is 92.8 Å². The molecular formula is C31H27F4N5O8. The van der Waals surface area contributed by atoms with Crippen LogP contribution in [0, 0.1) is 10.1 Å². The van der Waals surface area contributed by atoms with Crippen LogP contribution in [-0.4, -0.2) is 69.2 Å². The van der Waals surface area contributed by atoms with Gasteiger partial charge in [-0.3, -0.25) is 19.8 Å². The van der Waals surface area contributed by atoms with Gasteiger partial charge in [0.2, 0.25) is 11.4 Å². The number of aliphatic hydroxyl groups is 2. The Morgan fingerprint density at radius 1 is 1.02 bits per heavy atom. The maximum atomic E-state index is 14.6. The number of nitro benzene ring substituents is 1. The van der Waals surface area contributed by atoms with Crippen molar-refractivity contribution in [1.29, 1.82) is 0 Å². The largest absolute Gasteiger partial charge is 0.493 e. The summed E-state index contributed by atoms with van der Waals surface area (Å²) >= 11 is 0. The highest BCUT2D eigenvalue weighted by Crippen LogP contribution is 2.48. The molecule has 0 saturated heterocycles. The molecule has 17 heteroatoms. The number of fused-ring (bicyclic) bond motifs is 2. The summed E-state index contributed by atoms with van der Waals surface area (Å²) in [6.45, 7) is -0.889. The molecule has 1 saturated carbocycles. The Balaban J connectivity index is 1.15. The first kappa shape index (κ1) is 32.8. The van der Waals surface area contributed by atoms with Gasteiger partial charge in [0.25, 0.3) is 5.91 Å². The molecule has 1 unspecified atom stereocenters. The minimum Gasteiger partial charge on any atom is -0.493 e. The van der Waals surface area contributed by atoms with Crippen molar-refractivity contribution in [2.75, 3.05) is 37.9 Å². The first-order valence-electron chi connectivity index (χ1n) is 14.7. The number of halogens is 4. The van der Waals surface area contributed by atoms with E-state index in [4.69, 9.17) is 14.1 Å². The first-order chi connectivity index (χ1) is 23.0. The number of carbonyl (C=O) groups is 1. The summed E-state index contributed by atoms with van der Waals surface area (Å²) < 4.78 is 71.2. The van der Waals surface area contributed by atoms with Crippen LogP contribution in [-0.2, 0) is 20.4 Å². The number of ether oxygens (including phenoxy) is 2. The summed E-state index contributed by atoms with van der Waals surface area (Å²) in [6.07, 6.45) is -4.73.